The first-order chi connectivity index (χ1) is 8.47. The summed E-state index contributed by atoms with van der Waals surface area (Å²) in [5, 5.41) is 4.43. The normalized spacial score (nSPS) is 12.4. The minimum absolute atomic E-state index is 0.161. The van der Waals surface area contributed by atoms with Crippen LogP contribution < -0.4 is 11.1 Å². The fraction of sp³-hybridized carbons (Fsp3) is 0.385. The SMILES string of the molecule is Cc1cnc(NC(C)c2sc(C)nc2C)c(N)c1. The first kappa shape index (κ1) is 12.8. The maximum absolute atomic E-state index is 5.95. The molecule has 1 unspecified atom stereocenters. The van der Waals surface area contributed by atoms with E-state index < -0.39 is 0 Å². The summed E-state index contributed by atoms with van der Waals surface area (Å²) >= 11 is 1.71. The van der Waals surface area contributed by atoms with E-state index in [0.717, 1.165) is 22.1 Å². The van der Waals surface area contributed by atoms with Gasteiger partial charge in [-0.15, -0.1) is 11.3 Å². The Morgan fingerprint density at radius 1 is 1.33 bits per heavy atom. The van der Waals surface area contributed by atoms with E-state index in [-0.39, 0.29) is 6.04 Å². The van der Waals surface area contributed by atoms with E-state index in [1.54, 1.807) is 11.3 Å². The Morgan fingerprint density at radius 3 is 2.61 bits per heavy atom. The molecule has 5 heteroatoms. The maximum atomic E-state index is 5.95. The summed E-state index contributed by atoms with van der Waals surface area (Å²) in [4.78, 5) is 10.00. The quantitative estimate of drug-likeness (QED) is 0.891. The summed E-state index contributed by atoms with van der Waals surface area (Å²) in [6, 6.07) is 2.08. The third-order valence-electron chi connectivity index (χ3n) is 2.74. The minimum Gasteiger partial charge on any atom is -0.396 e. The molecule has 0 radical (unpaired) electrons. The highest BCUT2D eigenvalue weighted by Crippen LogP contribution is 2.28. The zero-order valence-electron chi connectivity index (χ0n) is 11.1. The number of aromatic nitrogens is 2. The lowest BCUT2D eigenvalue weighted by molar-refractivity contribution is 0.880. The van der Waals surface area contributed by atoms with Crippen LogP contribution in [0.3, 0.4) is 0 Å². The molecular weight excluding hydrogens is 244 g/mol. The summed E-state index contributed by atoms with van der Waals surface area (Å²) in [6.45, 7) is 8.13. The van der Waals surface area contributed by atoms with Gasteiger partial charge in [-0.05, 0) is 39.3 Å². The average molecular weight is 262 g/mol. The molecule has 4 nitrogen and oxygen atoms in total. The second-order valence-electron chi connectivity index (χ2n) is 4.50. The molecule has 0 aliphatic heterocycles. The minimum atomic E-state index is 0.161. The van der Waals surface area contributed by atoms with Crippen LogP contribution in [0.2, 0.25) is 0 Å². The highest BCUT2D eigenvalue weighted by molar-refractivity contribution is 7.11. The molecule has 0 aliphatic carbocycles. The Hall–Kier alpha value is -1.62. The topological polar surface area (TPSA) is 63.8 Å². The van der Waals surface area contributed by atoms with Gasteiger partial charge >= 0.3 is 0 Å². The van der Waals surface area contributed by atoms with Crippen LogP contribution in [0.15, 0.2) is 12.3 Å². The molecule has 0 fully saturated rings. The predicted octanol–water partition coefficient (Wildman–Crippen LogP) is 3.22. The smallest absolute Gasteiger partial charge is 0.149 e. The van der Waals surface area contributed by atoms with Gasteiger partial charge < -0.3 is 11.1 Å². The number of nitrogens with zero attached hydrogens (tertiary/aromatic N) is 2. The van der Waals surface area contributed by atoms with E-state index in [1.807, 2.05) is 33.0 Å². The van der Waals surface area contributed by atoms with Gasteiger partial charge in [0.15, 0.2) is 0 Å². The van der Waals surface area contributed by atoms with Crippen molar-refractivity contribution in [1.82, 2.24) is 9.97 Å². The molecule has 0 saturated carbocycles. The lowest BCUT2D eigenvalue weighted by Crippen LogP contribution is -2.09. The second kappa shape index (κ2) is 4.94. The zero-order valence-corrected chi connectivity index (χ0v) is 11.9. The number of thiazole rings is 1. The number of nitrogen functional groups attached to an aromatic ring is 1. The number of pyridine rings is 1. The molecule has 1 atom stereocenters. The third kappa shape index (κ3) is 2.61. The molecule has 0 aliphatic rings. The number of rotatable bonds is 3. The van der Waals surface area contributed by atoms with E-state index in [9.17, 15) is 0 Å². The van der Waals surface area contributed by atoms with Crippen molar-refractivity contribution in [3.63, 3.8) is 0 Å². The molecule has 0 bridgehead atoms. The lowest BCUT2D eigenvalue weighted by atomic mass is 10.2. The molecule has 2 aromatic rings. The highest BCUT2D eigenvalue weighted by Gasteiger charge is 2.14. The van der Waals surface area contributed by atoms with Gasteiger partial charge in [0, 0.05) is 11.1 Å². The Labute approximate surface area is 111 Å². The van der Waals surface area contributed by atoms with Crippen molar-refractivity contribution in [3.05, 3.63) is 33.4 Å². The second-order valence-corrected chi connectivity index (χ2v) is 5.73. The number of nitrogens with two attached hydrogens (primary N) is 1. The molecule has 96 valence electrons. The van der Waals surface area contributed by atoms with Crippen molar-refractivity contribution in [1.29, 1.82) is 0 Å². The van der Waals surface area contributed by atoms with Gasteiger partial charge in [-0.25, -0.2) is 9.97 Å². The van der Waals surface area contributed by atoms with Crippen LogP contribution in [0.4, 0.5) is 11.5 Å². The molecule has 3 N–H and O–H groups in total. The zero-order chi connectivity index (χ0) is 13.3. The molecule has 0 amide bonds. The monoisotopic (exact) mass is 262 g/mol. The summed E-state index contributed by atoms with van der Waals surface area (Å²) < 4.78 is 0. The average Bonchev–Trinajstić information content (AvgIpc) is 2.62. The Morgan fingerprint density at radius 2 is 2.06 bits per heavy atom. The summed E-state index contributed by atoms with van der Waals surface area (Å²) in [7, 11) is 0. The molecule has 0 saturated heterocycles. The van der Waals surface area contributed by atoms with Gasteiger partial charge in [0.1, 0.15) is 5.82 Å². The van der Waals surface area contributed by atoms with Gasteiger partial charge in [0.2, 0.25) is 0 Å². The Bertz CT molecular complexity index is 562. The van der Waals surface area contributed by atoms with E-state index >= 15 is 0 Å². The number of aryl methyl sites for hydroxylation is 3. The van der Waals surface area contributed by atoms with E-state index in [4.69, 9.17) is 5.73 Å². The lowest BCUT2D eigenvalue weighted by Gasteiger charge is -2.15. The van der Waals surface area contributed by atoms with Crippen LogP contribution in [-0.4, -0.2) is 9.97 Å². The van der Waals surface area contributed by atoms with Crippen LogP contribution in [0, 0.1) is 20.8 Å². The molecule has 2 heterocycles. The van der Waals surface area contributed by atoms with Crippen molar-refractivity contribution in [3.8, 4) is 0 Å². The fourth-order valence-corrected chi connectivity index (χ4v) is 2.86. The number of anilines is 2. The van der Waals surface area contributed by atoms with E-state index in [2.05, 4.69) is 22.2 Å². The van der Waals surface area contributed by atoms with Crippen molar-refractivity contribution < 1.29 is 0 Å². The first-order valence-corrected chi connectivity index (χ1v) is 6.71. The molecular formula is C13H18N4S. The van der Waals surface area contributed by atoms with Gasteiger partial charge in [0.25, 0.3) is 0 Å². The molecule has 0 aromatic carbocycles. The van der Waals surface area contributed by atoms with Crippen LogP contribution in [0.5, 0.6) is 0 Å². The van der Waals surface area contributed by atoms with Crippen molar-refractivity contribution >= 4 is 22.8 Å². The molecule has 0 spiro atoms. The predicted molar refractivity (Wildman–Crippen MR) is 77.0 cm³/mol. The molecule has 2 rings (SSSR count). The summed E-state index contributed by atoms with van der Waals surface area (Å²) in [5.41, 5.74) is 8.77. The van der Waals surface area contributed by atoms with Gasteiger partial charge in [-0.3, -0.25) is 0 Å². The number of hydrogen-bond donors (Lipinski definition) is 2. The van der Waals surface area contributed by atoms with Crippen molar-refractivity contribution in [2.45, 2.75) is 33.7 Å². The molecule has 2 aromatic heterocycles. The highest BCUT2D eigenvalue weighted by atomic mass is 32.1. The van der Waals surface area contributed by atoms with Crippen LogP contribution >= 0.6 is 11.3 Å². The Balaban J connectivity index is 2.21. The number of hydrogen-bond acceptors (Lipinski definition) is 5. The fourth-order valence-electron chi connectivity index (χ4n) is 1.93. The van der Waals surface area contributed by atoms with Crippen LogP contribution in [-0.2, 0) is 0 Å². The van der Waals surface area contributed by atoms with Crippen LogP contribution in [0.1, 0.15) is 34.1 Å². The van der Waals surface area contributed by atoms with Crippen molar-refractivity contribution in [2.24, 2.45) is 0 Å². The van der Waals surface area contributed by atoms with Gasteiger partial charge in [-0.1, -0.05) is 0 Å². The van der Waals surface area contributed by atoms with Crippen LogP contribution in [0.25, 0.3) is 0 Å². The summed E-state index contributed by atoms with van der Waals surface area (Å²) in [5.74, 6) is 0.735. The largest absolute Gasteiger partial charge is 0.396 e. The molecule has 18 heavy (non-hydrogen) atoms. The first-order valence-electron chi connectivity index (χ1n) is 5.90. The van der Waals surface area contributed by atoms with Gasteiger partial charge in [-0.2, -0.15) is 0 Å². The third-order valence-corrected chi connectivity index (χ3v) is 4.00. The number of nitrogens with one attached hydrogen (secondary N) is 1. The van der Waals surface area contributed by atoms with E-state index in [0.29, 0.717) is 5.69 Å². The van der Waals surface area contributed by atoms with Gasteiger partial charge in [0.05, 0.1) is 22.4 Å². The standard InChI is InChI=1S/C13H18N4S/c1-7-5-11(14)13(15-6-7)17-9(3)12-8(2)16-10(4)18-12/h5-6,9H,14H2,1-4H3,(H,15,17). The maximum Gasteiger partial charge on any atom is 0.149 e. The Kier molecular flexibility index (Phi) is 3.52. The van der Waals surface area contributed by atoms with E-state index in [1.165, 1.54) is 4.88 Å². The van der Waals surface area contributed by atoms with Crippen molar-refractivity contribution in [2.75, 3.05) is 11.1 Å². The summed E-state index contributed by atoms with van der Waals surface area (Å²) in [6.07, 6.45) is 1.82.